The average molecular weight is 313 g/mol. The number of hydrogen-bond acceptors (Lipinski definition) is 4. The van der Waals surface area contributed by atoms with Crippen molar-refractivity contribution in [1.82, 2.24) is 24.4 Å². The number of carbonyl (C=O) groups excluding carboxylic acids is 1. The number of imidazole rings is 1. The predicted octanol–water partition coefficient (Wildman–Crippen LogP) is 2.30. The van der Waals surface area contributed by atoms with Gasteiger partial charge >= 0.3 is 0 Å². The van der Waals surface area contributed by atoms with Gasteiger partial charge in [0.15, 0.2) is 5.82 Å². The topological polar surface area (TPSA) is 63.9 Å². The molecule has 6 nitrogen and oxygen atoms in total. The summed E-state index contributed by atoms with van der Waals surface area (Å²) in [5.41, 5.74) is 1.78. The molecule has 1 amide bonds. The molecule has 3 heterocycles. The number of rotatable bonds is 3. The summed E-state index contributed by atoms with van der Waals surface area (Å²) in [6.07, 6.45) is 6.27. The van der Waals surface area contributed by atoms with Gasteiger partial charge in [0.05, 0.1) is 0 Å². The highest BCUT2D eigenvalue weighted by molar-refractivity contribution is 5.76. The first-order valence-corrected chi connectivity index (χ1v) is 8.19. The Labute approximate surface area is 136 Å². The van der Waals surface area contributed by atoms with Gasteiger partial charge < -0.3 is 9.47 Å². The average Bonchev–Trinajstić information content (AvgIpc) is 2.99. The number of likely N-dealkylation sites (tertiary alicyclic amines) is 1. The van der Waals surface area contributed by atoms with Crippen LogP contribution in [0.1, 0.15) is 43.6 Å². The fraction of sp³-hybridized carbons (Fsp3) is 0.529. The summed E-state index contributed by atoms with van der Waals surface area (Å²) in [6.45, 7) is 5.46. The van der Waals surface area contributed by atoms with Crippen LogP contribution in [0.25, 0.3) is 11.5 Å². The molecule has 0 N–H and O–H groups in total. The summed E-state index contributed by atoms with van der Waals surface area (Å²) in [4.78, 5) is 27.7. The van der Waals surface area contributed by atoms with Crippen LogP contribution in [0.5, 0.6) is 0 Å². The van der Waals surface area contributed by atoms with Crippen molar-refractivity contribution in [3.8, 4) is 11.5 Å². The minimum absolute atomic E-state index is 0.207. The monoisotopic (exact) mass is 313 g/mol. The molecule has 1 aliphatic heterocycles. The molecule has 0 spiro atoms. The van der Waals surface area contributed by atoms with Crippen LogP contribution >= 0.6 is 0 Å². The normalized spacial score (nSPS) is 18.2. The van der Waals surface area contributed by atoms with Crippen LogP contribution in [0.2, 0.25) is 0 Å². The van der Waals surface area contributed by atoms with E-state index in [-0.39, 0.29) is 11.8 Å². The number of aromatic nitrogens is 4. The van der Waals surface area contributed by atoms with Gasteiger partial charge in [-0.25, -0.2) is 15.0 Å². The van der Waals surface area contributed by atoms with Gasteiger partial charge in [0.25, 0.3) is 0 Å². The van der Waals surface area contributed by atoms with E-state index in [1.54, 1.807) is 6.20 Å². The van der Waals surface area contributed by atoms with Crippen LogP contribution in [0.4, 0.5) is 0 Å². The molecule has 0 unspecified atom stereocenters. The molecule has 1 saturated heterocycles. The van der Waals surface area contributed by atoms with Gasteiger partial charge in [-0.15, -0.1) is 0 Å². The molecule has 6 heteroatoms. The molecular weight excluding hydrogens is 290 g/mol. The third kappa shape index (κ3) is 3.25. The zero-order chi connectivity index (χ0) is 16.4. The Hall–Kier alpha value is -2.24. The third-order valence-electron chi connectivity index (χ3n) is 4.36. The van der Waals surface area contributed by atoms with Crippen LogP contribution in [0.3, 0.4) is 0 Å². The molecule has 3 rings (SSSR count). The minimum atomic E-state index is 0.207. The fourth-order valence-electron chi connectivity index (χ4n) is 3.14. The fourth-order valence-corrected chi connectivity index (χ4v) is 3.14. The van der Waals surface area contributed by atoms with Crippen molar-refractivity contribution in [2.45, 2.75) is 39.0 Å². The van der Waals surface area contributed by atoms with Crippen molar-refractivity contribution in [2.24, 2.45) is 7.05 Å². The first-order valence-electron chi connectivity index (χ1n) is 8.19. The number of piperidine rings is 1. The minimum Gasteiger partial charge on any atom is -0.342 e. The van der Waals surface area contributed by atoms with Crippen molar-refractivity contribution >= 4 is 5.91 Å². The SMILES string of the molecule is CCC(=O)N1CCC[C@@H](c2nc(C)cc(-c3nccn3C)n2)C1. The maximum atomic E-state index is 12.0. The van der Waals surface area contributed by atoms with E-state index in [1.165, 1.54) is 0 Å². The lowest BCUT2D eigenvalue weighted by Gasteiger charge is -2.32. The quantitative estimate of drug-likeness (QED) is 0.872. The number of aryl methyl sites for hydroxylation is 2. The molecule has 2 aromatic rings. The lowest BCUT2D eigenvalue weighted by molar-refractivity contribution is -0.132. The van der Waals surface area contributed by atoms with Crippen molar-refractivity contribution in [3.63, 3.8) is 0 Å². The summed E-state index contributed by atoms with van der Waals surface area (Å²) in [5.74, 6) is 2.09. The Morgan fingerprint density at radius 1 is 1.39 bits per heavy atom. The lowest BCUT2D eigenvalue weighted by Crippen LogP contribution is -2.39. The molecule has 23 heavy (non-hydrogen) atoms. The predicted molar refractivity (Wildman–Crippen MR) is 87.8 cm³/mol. The van der Waals surface area contributed by atoms with Crippen molar-refractivity contribution in [3.05, 3.63) is 30.0 Å². The zero-order valence-electron chi connectivity index (χ0n) is 14.0. The first kappa shape index (κ1) is 15.6. The van der Waals surface area contributed by atoms with Crippen LogP contribution in [-0.2, 0) is 11.8 Å². The van der Waals surface area contributed by atoms with E-state index in [4.69, 9.17) is 4.98 Å². The molecule has 0 bridgehead atoms. The van der Waals surface area contributed by atoms with Crippen LogP contribution in [0.15, 0.2) is 18.5 Å². The van der Waals surface area contributed by atoms with Gasteiger partial charge in [-0.05, 0) is 25.8 Å². The van der Waals surface area contributed by atoms with E-state index in [9.17, 15) is 4.79 Å². The van der Waals surface area contributed by atoms with Crippen LogP contribution in [-0.4, -0.2) is 43.4 Å². The highest BCUT2D eigenvalue weighted by atomic mass is 16.2. The molecule has 2 aromatic heterocycles. The van der Waals surface area contributed by atoms with E-state index in [0.717, 1.165) is 49.0 Å². The van der Waals surface area contributed by atoms with Gasteiger partial charge in [-0.1, -0.05) is 6.92 Å². The smallest absolute Gasteiger partial charge is 0.222 e. The van der Waals surface area contributed by atoms with E-state index >= 15 is 0 Å². The molecular formula is C17H23N5O. The number of carbonyl (C=O) groups is 1. The Bertz CT molecular complexity index is 709. The second-order valence-corrected chi connectivity index (χ2v) is 6.15. The van der Waals surface area contributed by atoms with Crippen molar-refractivity contribution < 1.29 is 4.79 Å². The summed E-state index contributed by atoms with van der Waals surface area (Å²) in [7, 11) is 1.96. The van der Waals surface area contributed by atoms with Gasteiger partial charge in [0.1, 0.15) is 11.5 Å². The van der Waals surface area contributed by atoms with E-state index in [0.29, 0.717) is 6.42 Å². The maximum absolute atomic E-state index is 12.0. The van der Waals surface area contributed by atoms with Crippen molar-refractivity contribution in [2.75, 3.05) is 13.1 Å². The van der Waals surface area contributed by atoms with Crippen LogP contribution < -0.4 is 0 Å². The maximum Gasteiger partial charge on any atom is 0.222 e. The number of nitrogens with zero attached hydrogens (tertiary/aromatic N) is 5. The van der Waals surface area contributed by atoms with Gasteiger partial charge in [-0.3, -0.25) is 4.79 Å². The Kier molecular flexibility index (Phi) is 4.41. The Morgan fingerprint density at radius 2 is 2.22 bits per heavy atom. The van der Waals surface area contributed by atoms with Gasteiger partial charge in [0, 0.05) is 50.6 Å². The number of hydrogen-bond donors (Lipinski definition) is 0. The Morgan fingerprint density at radius 3 is 2.91 bits per heavy atom. The van der Waals surface area contributed by atoms with Gasteiger partial charge in [0.2, 0.25) is 5.91 Å². The molecule has 1 atom stereocenters. The van der Waals surface area contributed by atoms with Gasteiger partial charge in [-0.2, -0.15) is 0 Å². The Balaban J connectivity index is 1.89. The third-order valence-corrected chi connectivity index (χ3v) is 4.36. The van der Waals surface area contributed by atoms with E-state index in [1.807, 2.05) is 42.6 Å². The molecule has 122 valence electrons. The molecule has 0 saturated carbocycles. The summed E-state index contributed by atoms with van der Waals surface area (Å²) >= 11 is 0. The van der Waals surface area contributed by atoms with E-state index < -0.39 is 0 Å². The zero-order valence-corrected chi connectivity index (χ0v) is 14.0. The molecule has 0 radical (unpaired) electrons. The second kappa shape index (κ2) is 6.48. The number of amides is 1. The molecule has 1 fully saturated rings. The summed E-state index contributed by atoms with van der Waals surface area (Å²) in [5, 5.41) is 0. The first-order chi connectivity index (χ1) is 11.1. The largest absolute Gasteiger partial charge is 0.342 e. The second-order valence-electron chi connectivity index (χ2n) is 6.15. The lowest BCUT2D eigenvalue weighted by atomic mass is 9.96. The molecule has 1 aliphatic rings. The van der Waals surface area contributed by atoms with Crippen LogP contribution in [0, 0.1) is 6.92 Å². The highest BCUT2D eigenvalue weighted by Crippen LogP contribution is 2.27. The van der Waals surface area contributed by atoms with Crippen molar-refractivity contribution in [1.29, 1.82) is 0 Å². The highest BCUT2D eigenvalue weighted by Gasteiger charge is 2.26. The standard InChI is InChI=1S/C17H23N5O/c1-4-15(23)22-8-5-6-13(11-22)16-19-12(2)10-14(20-16)17-18-7-9-21(17)3/h7,9-10,13H,4-6,8,11H2,1-3H3/t13-/m1/s1. The molecule has 0 aliphatic carbocycles. The summed E-state index contributed by atoms with van der Waals surface area (Å²) < 4.78 is 1.96. The molecule has 0 aromatic carbocycles. The summed E-state index contributed by atoms with van der Waals surface area (Å²) in [6, 6.07) is 1.96. The van der Waals surface area contributed by atoms with E-state index in [2.05, 4.69) is 9.97 Å².